The van der Waals surface area contributed by atoms with Gasteiger partial charge in [-0.05, 0) is 113 Å². The van der Waals surface area contributed by atoms with Gasteiger partial charge in [0.1, 0.15) is 12.7 Å². The van der Waals surface area contributed by atoms with Crippen molar-refractivity contribution in [2.75, 3.05) is 6.61 Å². The van der Waals surface area contributed by atoms with Gasteiger partial charge >= 0.3 is 23.9 Å². The fraction of sp³-hybridized carbons (Fsp3) is 0.585. The third kappa shape index (κ3) is 10.6. The first-order valence-electron chi connectivity index (χ1n) is 18.1. The van der Waals surface area contributed by atoms with E-state index in [4.69, 9.17) is 28.4 Å². The fourth-order valence-corrected chi connectivity index (χ4v) is 5.22. The van der Waals surface area contributed by atoms with Crippen LogP contribution in [0.25, 0.3) is 10.9 Å². The lowest BCUT2D eigenvalue weighted by atomic mass is 9.93. The van der Waals surface area contributed by atoms with Crippen LogP contribution in [-0.4, -0.2) is 71.4 Å². The van der Waals surface area contributed by atoms with Crippen LogP contribution in [0.4, 0.5) is 0 Å². The molecule has 1 unspecified atom stereocenters. The average Bonchev–Trinajstić information content (AvgIpc) is 3.46. The van der Waals surface area contributed by atoms with E-state index >= 15 is 0 Å². The van der Waals surface area contributed by atoms with Crippen LogP contribution in [0, 0.1) is 21.7 Å². The molecular formula is C41H56N2O10. The minimum atomic E-state index is -1.46. The number of carbonyl (C=O) groups excluding carboxylic acids is 4. The van der Waals surface area contributed by atoms with E-state index < -0.39 is 82.8 Å². The number of ether oxygens (including phenoxy) is 6. The zero-order chi connectivity index (χ0) is 39.5. The predicted octanol–water partition coefficient (Wildman–Crippen LogP) is 6.91. The molecule has 1 saturated heterocycles. The van der Waals surface area contributed by atoms with Crippen molar-refractivity contribution >= 4 is 34.8 Å². The van der Waals surface area contributed by atoms with Crippen molar-refractivity contribution < 1.29 is 47.6 Å². The topological polar surface area (TPSA) is 152 Å². The summed E-state index contributed by atoms with van der Waals surface area (Å²) in [6.45, 7) is 19.8. The molecule has 0 radical (unpaired) electrons. The van der Waals surface area contributed by atoms with Crippen molar-refractivity contribution in [3.05, 3.63) is 59.7 Å². The largest absolute Gasteiger partial charge is 0.462 e. The van der Waals surface area contributed by atoms with Crippen molar-refractivity contribution in [3.63, 3.8) is 0 Å². The SMILES string of the molecule is CC(C)(C)C(=O)OC[C@H]1OC(Oc2n[nH]c3cccc(CCc4ccccc4)c23)[C@H](OC(=O)C(C)(C)C)[C@@H](OC(=O)C(C)(C)C)[C@@H]1OC(=O)C(C)(C)C. The molecule has 1 aliphatic heterocycles. The highest BCUT2D eigenvalue weighted by Gasteiger charge is 2.56. The van der Waals surface area contributed by atoms with E-state index in [0.717, 1.165) is 17.5 Å². The third-order valence-electron chi connectivity index (χ3n) is 8.54. The summed E-state index contributed by atoms with van der Waals surface area (Å²) in [7, 11) is 0. The Morgan fingerprint density at radius 3 is 1.72 bits per heavy atom. The van der Waals surface area contributed by atoms with Gasteiger partial charge in [0, 0.05) is 0 Å². The number of hydrogen-bond donors (Lipinski definition) is 1. The molecule has 2 heterocycles. The Bertz CT molecular complexity index is 1760. The van der Waals surface area contributed by atoms with E-state index in [9.17, 15) is 19.2 Å². The maximum absolute atomic E-state index is 13.6. The molecule has 0 bridgehead atoms. The molecule has 0 spiro atoms. The fourth-order valence-electron chi connectivity index (χ4n) is 5.22. The quantitative estimate of drug-likeness (QED) is 0.171. The highest BCUT2D eigenvalue weighted by atomic mass is 16.7. The van der Waals surface area contributed by atoms with Crippen LogP contribution in [0.2, 0.25) is 0 Å². The zero-order valence-corrected chi connectivity index (χ0v) is 33.2. The van der Waals surface area contributed by atoms with Crippen LogP contribution >= 0.6 is 0 Å². The van der Waals surface area contributed by atoms with Crippen molar-refractivity contribution in [1.29, 1.82) is 0 Å². The molecule has 0 aliphatic carbocycles. The second kappa shape index (κ2) is 15.9. The molecule has 53 heavy (non-hydrogen) atoms. The van der Waals surface area contributed by atoms with Gasteiger partial charge in [-0.15, -0.1) is 5.10 Å². The van der Waals surface area contributed by atoms with Crippen molar-refractivity contribution in [3.8, 4) is 5.88 Å². The van der Waals surface area contributed by atoms with Crippen molar-refractivity contribution in [2.45, 2.75) is 127 Å². The van der Waals surface area contributed by atoms with Crippen LogP contribution < -0.4 is 4.74 Å². The molecule has 1 aromatic heterocycles. The van der Waals surface area contributed by atoms with Crippen LogP contribution in [-0.2, 0) is 55.7 Å². The number of aryl methyl sites for hydroxylation is 2. The number of aromatic amines is 1. The predicted molar refractivity (Wildman–Crippen MR) is 198 cm³/mol. The summed E-state index contributed by atoms with van der Waals surface area (Å²) in [6.07, 6.45) is -5.55. The zero-order valence-electron chi connectivity index (χ0n) is 33.2. The van der Waals surface area contributed by atoms with Crippen LogP contribution in [0.5, 0.6) is 5.88 Å². The summed E-state index contributed by atoms with van der Waals surface area (Å²) in [4.78, 5) is 53.8. The molecule has 12 nitrogen and oxygen atoms in total. The van der Waals surface area contributed by atoms with Crippen molar-refractivity contribution in [1.82, 2.24) is 10.2 Å². The van der Waals surface area contributed by atoms with Gasteiger partial charge in [-0.1, -0.05) is 42.5 Å². The average molecular weight is 737 g/mol. The summed E-state index contributed by atoms with van der Waals surface area (Å²) in [5, 5.41) is 8.18. The highest BCUT2D eigenvalue weighted by Crippen LogP contribution is 2.37. The molecule has 290 valence electrons. The number of H-pyrrole nitrogens is 1. The number of nitrogens with zero attached hydrogens (tertiary/aromatic N) is 1. The van der Waals surface area contributed by atoms with Gasteiger partial charge in [-0.25, -0.2) is 0 Å². The molecule has 1 fully saturated rings. The lowest BCUT2D eigenvalue weighted by Crippen LogP contribution is -2.65. The molecule has 0 saturated carbocycles. The molecule has 5 atom stereocenters. The minimum Gasteiger partial charge on any atom is -0.462 e. The van der Waals surface area contributed by atoms with Gasteiger partial charge in [-0.3, -0.25) is 24.3 Å². The smallest absolute Gasteiger partial charge is 0.311 e. The first kappa shape index (κ1) is 41.3. The van der Waals surface area contributed by atoms with E-state index in [0.29, 0.717) is 17.3 Å². The van der Waals surface area contributed by atoms with E-state index in [2.05, 4.69) is 22.3 Å². The van der Waals surface area contributed by atoms with Gasteiger partial charge in [0.25, 0.3) is 0 Å². The first-order valence-corrected chi connectivity index (χ1v) is 18.1. The standard InChI is InChI=1S/C41H56N2O10/c1-38(2,3)34(44)48-23-27-29(50-35(45)39(4,5)6)30(51-36(46)40(7,8)9)31(52-37(47)41(10,11)12)33(49-27)53-32-28-25(19-16-20-26(28)42-43-32)22-21-24-17-14-13-15-18-24/h13-20,27,29-31,33H,21-23H2,1-12H3,(H,42,43)/t27-,29-,30+,31-,33?/m1/s1. The molecule has 4 rings (SSSR count). The Morgan fingerprint density at radius 2 is 1.17 bits per heavy atom. The maximum Gasteiger partial charge on any atom is 0.311 e. The normalized spacial score (nSPS) is 21.1. The summed E-state index contributed by atoms with van der Waals surface area (Å²) in [5.74, 6) is -2.33. The van der Waals surface area contributed by atoms with E-state index in [-0.39, 0.29) is 5.88 Å². The van der Waals surface area contributed by atoms with E-state index in [1.165, 1.54) is 0 Å². The van der Waals surface area contributed by atoms with E-state index in [1.807, 2.05) is 36.4 Å². The Kier molecular flexibility index (Phi) is 12.4. The molecule has 0 amide bonds. The Labute approximate surface area is 312 Å². The number of hydrogen-bond acceptors (Lipinski definition) is 11. The van der Waals surface area contributed by atoms with Gasteiger partial charge < -0.3 is 28.4 Å². The Balaban J connectivity index is 1.84. The number of fused-ring (bicyclic) bond motifs is 1. The van der Waals surface area contributed by atoms with E-state index in [1.54, 1.807) is 83.1 Å². The molecule has 1 aliphatic rings. The monoisotopic (exact) mass is 736 g/mol. The summed E-state index contributed by atoms with van der Waals surface area (Å²) in [6, 6.07) is 15.8. The number of esters is 4. The van der Waals surface area contributed by atoms with Crippen molar-refractivity contribution in [2.24, 2.45) is 21.7 Å². The van der Waals surface area contributed by atoms with Gasteiger partial charge in [0.15, 0.2) is 12.2 Å². The van der Waals surface area contributed by atoms with Crippen LogP contribution in [0.3, 0.4) is 0 Å². The lowest BCUT2D eigenvalue weighted by molar-refractivity contribution is -0.294. The molecule has 2 aromatic carbocycles. The van der Waals surface area contributed by atoms with Crippen LogP contribution in [0.15, 0.2) is 48.5 Å². The highest BCUT2D eigenvalue weighted by molar-refractivity contribution is 5.87. The first-order chi connectivity index (χ1) is 24.5. The summed E-state index contributed by atoms with van der Waals surface area (Å²) in [5.41, 5.74) is -1.05. The minimum absolute atomic E-state index is 0.155. The molecular weight excluding hydrogens is 680 g/mol. The summed E-state index contributed by atoms with van der Waals surface area (Å²) >= 11 is 0. The lowest BCUT2D eigenvalue weighted by Gasteiger charge is -2.45. The second-order valence-corrected chi connectivity index (χ2v) is 17.7. The molecule has 1 N–H and O–H groups in total. The molecule has 3 aromatic rings. The Morgan fingerprint density at radius 1 is 0.642 bits per heavy atom. The number of aromatic nitrogens is 2. The summed E-state index contributed by atoms with van der Waals surface area (Å²) < 4.78 is 37.0. The number of benzene rings is 2. The Hall–Kier alpha value is -4.45. The number of carbonyl (C=O) groups is 4. The number of nitrogens with one attached hydrogen (secondary N) is 1. The molecule has 12 heteroatoms. The van der Waals surface area contributed by atoms with Gasteiger partial charge in [0.2, 0.25) is 18.3 Å². The van der Waals surface area contributed by atoms with Gasteiger partial charge in [0.05, 0.1) is 32.6 Å². The second-order valence-electron chi connectivity index (χ2n) is 17.7. The van der Waals surface area contributed by atoms with Gasteiger partial charge in [-0.2, -0.15) is 0 Å². The number of rotatable bonds is 10. The van der Waals surface area contributed by atoms with Crippen LogP contribution in [0.1, 0.15) is 94.2 Å². The third-order valence-corrected chi connectivity index (χ3v) is 8.54. The maximum atomic E-state index is 13.6.